The number of nitrogens with one attached hydrogen (secondary N) is 1. The molecule has 2 N–H and O–H groups in total. The highest BCUT2D eigenvalue weighted by molar-refractivity contribution is 6.25. The van der Waals surface area contributed by atoms with E-state index in [-0.39, 0.29) is 6.42 Å². The lowest BCUT2D eigenvalue weighted by Gasteiger charge is -2.28. The molecule has 0 fully saturated rings. The molecule has 0 amide bonds. The number of para-hydroxylation sites is 1. The lowest BCUT2D eigenvalue weighted by atomic mass is 9.97. The highest BCUT2D eigenvalue weighted by atomic mass is 35.5. The second-order valence-electron chi connectivity index (χ2n) is 8.70. The minimum Gasteiger partial charge on any atom is -0.493 e. The highest BCUT2D eigenvalue weighted by Crippen LogP contribution is 2.37. The van der Waals surface area contributed by atoms with E-state index in [4.69, 9.17) is 26.3 Å². The Morgan fingerprint density at radius 2 is 2.12 bits per heavy atom. The Labute approximate surface area is 205 Å². The van der Waals surface area contributed by atoms with Crippen LogP contribution < -0.4 is 20.0 Å². The molecule has 2 aromatic carbocycles. The molecule has 0 spiro atoms. The molecule has 0 bridgehead atoms. The van der Waals surface area contributed by atoms with Crippen molar-refractivity contribution in [1.29, 1.82) is 0 Å². The number of hydrogen-bond acceptors (Lipinski definition) is 5. The van der Waals surface area contributed by atoms with Crippen molar-refractivity contribution in [2.45, 2.75) is 50.6 Å². The fourth-order valence-electron chi connectivity index (χ4n) is 4.28. The van der Waals surface area contributed by atoms with Crippen molar-refractivity contribution in [1.82, 2.24) is 5.32 Å². The van der Waals surface area contributed by atoms with Gasteiger partial charge in [-0.15, -0.1) is 0 Å². The van der Waals surface area contributed by atoms with E-state index >= 15 is 0 Å². The summed E-state index contributed by atoms with van der Waals surface area (Å²) < 4.78 is 6.16. The summed E-state index contributed by atoms with van der Waals surface area (Å²) in [5, 5.41) is 14.3. The fraction of sp³-hybridized carbons (Fsp3) is 0.370. The SMILES string of the molecule is CCCc1cc2c(cc1OCCCNC1(Cl)C=CC=C(CC(=O)O)C1)ON(c1ccccc1)C2. The smallest absolute Gasteiger partial charge is 0.307 e. The molecule has 6 nitrogen and oxygen atoms in total. The van der Waals surface area contributed by atoms with Gasteiger partial charge >= 0.3 is 5.97 Å². The molecule has 2 aliphatic rings. The number of halogens is 1. The number of allylic oxidation sites excluding steroid dienone is 2. The number of benzene rings is 2. The summed E-state index contributed by atoms with van der Waals surface area (Å²) >= 11 is 6.65. The Balaban J connectivity index is 1.31. The van der Waals surface area contributed by atoms with Crippen LogP contribution in [0.3, 0.4) is 0 Å². The fourth-order valence-corrected chi connectivity index (χ4v) is 4.62. The zero-order valence-electron chi connectivity index (χ0n) is 19.4. The van der Waals surface area contributed by atoms with Crippen LogP contribution in [0.2, 0.25) is 0 Å². The second kappa shape index (κ2) is 11.0. The number of aliphatic carboxylic acids is 1. The van der Waals surface area contributed by atoms with Crippen molar-refractivity contribution >= 4 is 23.3 Å². The second-order valence-corrected chi connectivity index (χ2v) is 9.38. The first-order valence-corrected chi connectivity index (χ1v) is 12.2. The van der Waals surface area contributed by atoms with Gasteiger partial charge in [0.25, 0.3) is 0 Å². The molecule has 1 aliphatic heterocycles. The number of ether oxygens (including phenoxy) is 1. The van der Waals surface area contributed by atoms with Gasteiger partial charge in [-0.2, -0.15) is 0 Å². The minimum absolute atomic E-state index is 0.00586. The maximum Gasteiger partial charge on any atom is 0.307 e. The van der Waals surface area contributed by atoms with Gasteiger partial charge < -0.3 is 14.7 Å². The van der Waals surface area contributed by atoms with E-state index in [0.29, 0.717) is 26.1 Å². The Morgan fingerprint density at radius 1 is 1.29 bits per heavy atom. The van der Waals surface area contributed by atoms with Crippen molar-refractivity contribution in [3.63, 3.8) is 0 Å². The molecule has 0 aromatic heterocycles. The number of hydrogen-bond donors (Lipinski definition) is 2. The van der Waals surface area contributed by atoms with Crippen LogP contribution in [-0.2, 0) is 17.8 Å². The van der Waals surface area contributed by atoms with Gasteiger partial charge in [-0.25, -0.2) is 5.06 Å². The van der Waals surface area contributed by atoms with Gasteiger partial charge in [0.15, 0.2) is 5.75 Å². The van der Waals surface area contributed by atoms with Crippen molar-refractivity contribution in [2.24, 2.45) is 0 Å². The van der Waals surface area contributed by atoms with Gasteiger partial charge in [0, 0.05) is 24.6 Å². The van der Waals surface area contributed by atoms with Crippen LogP contribution in [0.1, 0.15) is 43.7 Å². The number of alkyl halides is 1. The maximum absolute atomic E-state index is 11.0. The third-order valence-electron chi connectivity index (χ3n) is 5.88. The number of rotatable bonds is 11. The van der Waals surface area contributed by atoms with Gasteiger partial charge in [0.1, 0.15) is 10.7 Å². The highest BCUT2D eigenvalue weighted by Gasteiger charge is 2.27. The van der Waals surface area contributed by atoms with Crippen molar-refractivity contribution in [3.05, 3.63) is 77.4 Å². The molecule has 180 valence electrons. The van der Waals surface area contributed by atoms with Gasteiger partial charge in [0.05, 0.1) is 25.3 Å². The normalized spacial score (nSPS) is 18.9. The Morgan fingerprint density at radius 3 is 2.88 bits per heavy atom. The lowest BCUT2D eigenvalue weighted by Crippen LogP contribution is -2.40. The molecule has 7 heteroatoms. The van der Waals surface area contributed by atoms with E-state index in [0.717, 1.165) is 42.0 Å². The molecule has 34 heavy (non-hydrogen) atoms. The summed E-state index contributed by atoms with van der Waals surface area (Å²) in [7, 11) is 0. The number of carboxylic acids is 1. The minimum atomic E-state index is -0.845. The van der Waals surface area contributed by atoms with Crippen molar-refractivity contribution in [3.8, 4) is 11.5 Å². The van der Waals surface area contributed by atoms with Gasteiger partial charge in [0.2, 0.25) is 0 Å². The monoisotopic (exact) mass is 482 g/mol. The maximum atomic E-state index is 11.0. The van der Waals surface area contributed by atoms with E-state index in [2.05, 4.69) is 18.3 Å². The number of aryl methyl sites for hydroxylation is 1. The molecule has 1 atom stereocenters. The number of nitrogens with zero attached hydrogens (tertiary/aromatic N) is 1. The summed E-state index contributed by atoms with van der Waals surface area (Å²) in [5.74, 6) is 0.851. The summed E-state index contributed by atoms with van der Waals surface area (Å²) in [6.07, 6.45) is 8.73. The largest absolute Gasteiger partial charge is 0.493 e. The average Bonchev–Trinajstić information content (AvgIpc) is 3.22. The zero-order chi connectivity index (χ0) is 24.0. The molecule has 0 saturated heterocycles. The number of hydroxylamine groups is 1. The van der Waals surface area contributed by atoms with Crippen LogP contribution in [-0.4, -0.2) is 29.2 Å². The molecular formula is C27H31ClN2O4. The average molecular weight is 483 g/mol. The van der Waals surface area contributed by atoms with Crippen LogP contribution in [0.4, 0.5) is 5.69 Å². The standard InChI is InChI=1S/C27H31ClN2O4/c1-2-8-21-16-22-19-30(23-10-4-3-5-11-23)34-25(22)17-24(21)33-14-7-13-29-27(28)12-6-9-20(18-27)15-26(31)32/h3-6,9-12,16-17,29H,2,7-8,13-15,18-19H2,1H3,(H,31,32). The Bertz CT molecular complexity index is 1070. The van der Waals surface area contributed by atoms with Gasteiger partial charge in [-0.3, -0.25) is 10.1 Å². The first-order valence-electron chi connectivity index (χ1n) is 11.8. The van der Waals surface area contributed by atoms with E-state index < -0.39 is 11.0 Å². The van der Waals surface area contributed by atoms with E-state index in [9.17, 15) is 4.79 Å². The number of carboxylic acid groups (broad SMARTS) is 1. The Kier molecular flexibility index (Phi) is 7.80. The molecule has 0 saturated carbocycles. The molecule has 0 radical (unpaired) electrons. The van der Waals surface area contributed by atoms with Gasteiger partial charge in [-0.1, -0.05) is 60.9 Å². The number of anilines is 1. The summed E-state index contributed by atoms with van der Waals surface area (Å²) in [5.41, 5.74) is 4.19. The molecule has 4 rings (SSSR count). The summed E-state index contributed by atoms with van der Waals surface area (Å²) in [6.45, 7) is 4.07. The third-order valence-corrected chi connectivity index (χ3v) is 6.28. The first kappa shape index (κ1) is 24.2. The molecule has 1 unspecified atom stereocenters. The molecular weight excluding hydrogens is 452 g/mol. The topological polar surface area (TPSA) is 71.0 Å². The van der Waals surface area contributed by atoms with Crippen molar-refractivity contribution < 1.29 is 19.5 Å². The van der Waals surface area contributed by atoms with Gasteiger partial charge in [-0.05, 0) is 42.7 Å². The Hall–Kier alpha value is -2.96. The number of fused-ring (bicyclic) bond motifs is 1. The zero-order valence-corrected chi connectivity index (χ0v) is 20.2. The molecule has 2 aromatic rings. The quantitative estimate of drug-likeness (QED) is 0.246. The van der Waals surface area contributed by atoms with Crippen LogP contribution in [0, 0.1) is 0 Å². The predicted octanol–water partition coefficient (Wildman–Crippen LogP) is 5.61. The van der Waals surface area contributed by atoms with Crippen LogP contribution in [0.5, 0.6) is 11.5 Å². The van der Waals surface area contributed by atoms with Crippen LogP contribution in [0.25, 0.3) is 0 Å². The predicted molar refractivity (Wildman–Crippen MR) is 134 cm³/mol. The van der Waals surface area contributed by atoms with Crippen LogP contribution >= 0.6 is 11.6 Å². The summed E-state index contributed by atoms with van der Waals surface area (Å²) in [6, 6.07) is 14.3. The van der Waals surface area contributed by atoms with E-state index in [1.807, 2.05) is 59.7 Å². The third kappa shape index (κ3) is 6.13. The van der Waals surface area contributed by atoms with Crippen molar-refractivity contribution in [2.75, 3.05) is 18.2 Å². The number of carbonyl (C=O) groups is 1. The lowest BCUT2D eigenvalue weighted by molar-refractivity contribution is -0.136. The molecule has 1 aliphatic carbocycles. The first-order chi connectivity index (χ1) is 16.5. The van der Waals surface area contributed by atoms with E-state index in [1.165, 1.54) is 11.1 Å². The summed E-state index contributed by atoms with van der Waals surface area (Å²) in [4.78, 5) is 16.3. The van der Waals surface area contributed by atoms with E-state index in [1.54, 1.807) is 0 Å². The van der Waals surface area contributed by atoms with Crippen LogP contribution in [0.15, 0.2) is 66.3 Å². The molecule has 1 heterocycles.